The quantitative estimate of drug-likeness (QED) is 0.361. The summed E-state index contributed by atoms with van der Waals surface area (Å²) < 4.78 is 0. The van der Waals surface area contributed by atoms with Crippen LogP contribution >= 0.6 is 54.6 Å². The molecule has 0 unspecified atom stereocenters. The monoisotopic (exact) mass is 370 g/mol. The van der Waals surface area contributed by atoms with E-state index in [9.17, 15) is 0 Å². The van der Waals surface area contributed by atoms with Crippen LogP contribution in [0.2, 0.25) is 15.1 Å². The molecule has 0 amide bonds. The molecule has 5 heteroatoms. The van der Waals surface area contributed by atoms with Crippen molar-refractivity contribution in [1.29, 1.82) is 0 Å². The van der Waals surface area contributed by atoms with Crippen molar-refractivity contribution in [1.82, 2.24) is 0 Å². The van der Waals surface area contributed by atoms with Gasteiger partial charge in [0, 0.05) is 0 Å². The van der Waals surface area contributed by atoms with E-state index in [0.717, 1.165) is 0 Å². The van der Waals surface area contributed by atoms with Gasteiger partial charge in [-0.15, -0.1) is 53.0 Å². The minimum absolute atomic E-state index is 0.438. The molecule has 1 aromatic rings. The second-order valence-electron chi connectivity index (χ2n) is 1.49. The van der Waals surface area contributed by atoms with E-state index < -0.39 is 0 Å². The van der Waals surface area contributed by atoms with Crippen LogP contribution in [0.3, 0.4) is 0 Å². The summed E-state index contributed by atoms with van der Waals surface area (Å²) in [5.74, 6) is 0. The second-order valence-corrected chi connectivity index (χ2v) is 2.75. The Balaban J connectivity index is 0.000000461. The third-order valence-corrected chi connectivity index (χ3v) is 1.39. The zero-order valence-corrected chi connectivity index (χ0v) is 12.8. The number of rotatable bonds is 0. The molecule has 56 valence electrons. The summed E-state index contributed by atoms with van der Waals surface area (Å²) in [7, 11) is 0. The van der Waals surface area contributed by atoms with Gasteiger partial charge >= 0.3 is 34.5 Å². The molecular formula is C6H2Cl3IZn. The maximum absolute atomic E-state index is 5.56. The number of hydrogen-bond donors (Lipinski definition) is 0. The van der Waals surface area contributed by atoms with Gasteiger partial charge in [0.2, 0.25) is 0 Å². The summed E-state index contributed by atoms with van der Waals surface area (Å²) in [6, 6.07) is 5.81. The van der Waals surface area contributed by atoms with Crippen LogP contribution in [0.5, 0.6) is 0 Å². The molecule has 0 heterocycles. The summed E-state index contributed by atoms with van der Waals surface area (Å²) in [5.41, 5.74) is 0. The standard InChI is InChI=1S/C6H2Cl3.HI.Zn/c7-4-1-5(8)3-6(9)2-4;;/h1-2H;1H;/q-1;;+2/p-1. The molecule has 11 heavy (non-hydrogen) atoms. The Morgan fingerprint density at radius 2 is 1.45 bits per heavy atom. The summed E-state index contributed by atoms with van der Waals surface area (Å²) in [6.45, 7) is 0. The van der Waals surface area contributed by atoms with E-state index in [1.54, 1.807) is 12.1 Å². The van der Waals surface area contributed by atoms with Crippen molar-refractivity contribution in [3.63, 3.8) is 0 Å². The Morgan fingerprint density at radius 3 is 1.73 bits per heavy atom. The van der Waals surface area contributed by atoms with Crippen LogP contribution in [0.15, 0.2) is 12.1 Å². The zero-order valence-electron chi connectivity index (χ0n) is 5.37. The summed E-state index contributed by atoms with van der Waals surface area (Å²) in [4.78, 5) is 0. The fraction of sp³-hybridized carbons (Fsp3) is 0. The third-order valence-electron chi connectivity index (χ3n) is 0.768. The molecule has 1 aromatic carbocycles. The Bertz CT molecular complexity index is 179. The molecule has 0 atom stereocenters. The minimum atomic E-state index is 0.438. The first kappa shape index (κ1) is 12.4. The van der Waals surface area contributed by atoms with Crippen LogP contribution in [-0.2, 0) is 14.8 Å². The summed E-state index contributed by atoms with van der Waals surface area (Å²) >= 11 is 20.2. The fourth-order valence-corrected chi connectivity index (χ4v) is 1.29. The van der Waals surface area contributed by atoms with Crippen molar-refractivity contribution >= 4 is 54.6 Å². The van der Waals surface area contributed by atoms with Crippen molar-refractivity contribution in [3.8, 4) is 0 Å². The van der Waals surface area contributed by atoms with Gasteiger partial charge in [0.1, 0.15) is 0 Å². The van der Waals surface area contributed by atoms with Crippen LogP contribution in [0.4, 0.5) is 0 Å². The molecule has 0 spiro atoms. The summed E-state index contributed by atoms with van der Waals surface area (Å²) in [6.07, 6.45) is 0. The van der Waals surface area contributed by atoms with Gasteiger partial charge in [-0.1, -0.05) is 15.1 Å². The Morgan fingerprint density at radius 1 is 1.09 bits per heavy atom. The van der Waals surface area contributed by atoms with Gasteiger partial charge in [0.15, 0.2) is 0 Å². The van der Waals surface area contributed by atoms with E-state index in [1.807, 2.05) is 0 Å². The molecular weight excluding hydrogens is 371 g/mol. The van der Waals surface area contributed by atoms with Crippen molar-refractivity contribution in [2.45, 2.75) is 0 Å². The predicted octanol–water partition coefficient (Wildman–Crippen LogP) is 4.33. The maximum atomic E-state index is 5.56. The van der Waals surface area contributed by atoms with E-state index in [4.69, 9.17) is 34.8 Å². The number of halogens is 4. The van der Waals surface area contributed by atoms with Crippen molar-refractivity contribution in [2.24, 2.45) is 0 Å². The second kappa shape index (κ2) is 6.91. The molecule has 0 nitrogen and oxygen atoms in total. The van der Waals surface area contributed by atoms with Crippen molar-refractivity contribution in [2.75, 3.05) is 0 Å². The summed E-state index contributed by atoms with van der Waals surface area (Å²) in [5, 5.41) is 1.41. The molecule has 0 N–H and O–H groups in total. The molecule has 0 saturated carbocycles. The molecule has 0 aliphatic rings. The Kier molecular flexibility index (Phi) is 7.81. The first-order chi connectivity index (χ1) is 5.18. The van der Waals surface area contributed by atoms with Crippen LogP contribution < -0.4 is 0 Å². The van der Waals surface area contributed by atoms with Gasteiger partial charge in [0.25, 0.3) is 0 Å². The van der Waals surface area contributed by atoms with E-state index >= 15 is 0 Å². The SMILES string of the molecule is Clc1[c-]c(Cl)cc(Cl)c1.[Zn+][I]. The first-order valence-electron chi connectivity index (χ1n) is 2.49. The van der Waals surface area contributed by atoms with Gasteiger partial charge in [0.05, 0.1) is 0 Å². The number of benzene rings is 1. The van der Waals surface area contributed by atoms with E-state index in [1.165, 1.54) is 14.8 Å². The molecule has 0 radical (unpaired) electrons. The molecule has 0 bridgehead atoms. The Hall–Kier alpha value is 1.44. The number of hydrogen-bond acceptors (Lipinski definition) is 0. The zero-order chi connectivity index (χ0) is 8.85. The first-order valence-corrected chi connectivity index (χ1v) is 12.7. The molecule has 0 saturated heterocycles. The molecule has 0 aliphatic heterocycles. The average Bonchev–Trinajstić information content (AvgIpc) is 1.88. The van der Waals surface area contributed by atoms with E-state index in [0.29, 0.717) is 15.1 Å². The van der Waals surface area contributed by atoms with Gasteiger partial charge < -0.3 is 0 Å². The molecule has 1 rings (SSSR count). The van der Waals surface area contributed by atoms with Crippen molar-refractivity contribution < 1.29 is 14.8 Å². The van der Waals surface area contributed by atoms with Gasteiger partial charge in [-0.05, 0) is 0 Å². The van der Waals surface area contributed by atoms with Gasteiger partial charge in [-0.3, -0.25) is 0 Å². The van der Waals surface area contributed by atoms with Gasteiger partial charge in [-0.2, -0.15) is 0 Å². The predicted molar refractivity (Wildman–Crippen MR) is 54.3 cm³/mol. The molecule has 0 aromatic heterocycles. The van der Waals surface area contributed by atoms with Crippen LogP contribution in [0.25, 0.3) is 0 Å². The molecule has 0 fully saturated rings. The van der Waals surface area contributed by atoms with E-state index in [2.05, 4.69) is 25.8 Å². The molecule has 0 aliphatic carbocycles. The van der Waals surface area contributed by atoms with Crippen LogP contribution in [0.1, 0.15) is 0 Å². The van der Waals surface area contributed by atoms with Crippen LogP contribution in [-0.4, -0.2) is 0 Å². The van der Waals surface area contributed by atoms with Crippen LogP contribution in [0, 0.1) is 6.07 Å². The van der Waals surface area contributed by atoms with Gasteiger partial charge in [-0.25, -0.2) is 0 Å². The normalized spacial score (nSPS) is 8.55. The fourth-order valence-electron chi connectivity index (χ4n) is 0.470. The van der Waals surface area contributed by atoms with E-state index in [-0.39, 0.29) is 0 Å². The Labute approximate surface area is 101 Å². The van der Waals surface area contributed by atoms with Crippen molar-refractivity contribution in [3.05, 3.63) is 33.3 Å². The average molecular weight is 373 g/mol. The third kappa shape index (κ3) is 5.65. The topological polar surface area (TPSA) is 0 Å².